The van der Waals surface area contributed by atoms with Gasteiger partial charge in [0, 0.05) is 0 Å². The number of aliphatic hydroxyl groups is 1. The summed E-state index contributed by atoms with van der Waals surface area (Å²) < 4.78 is 10.5. The summed E-state index contributed by atoms with van der Waals surface area (Å²) >= 11 is 0. The molecule has 0 radical (unpaired) electrons. The molecule has 2 N–H and O–H groups in total. The van der Waals surface area contributed by atoms with Gasteiger partial charge in [0.05, 0.1) is 12.2 Å². The first-order valence-electron chi connectivity index (χ1n) is 6.96. The summed E-state index contributed by atoms with van der Waals surface area (Å²) in [5.74, 6) is 0.307. The Morgan fingerprint density at radius 2 is 1.95 bits per heavy atom. The molecule has 1 aromatic carbocycles. The van der Waals surface area contributed by atoms with Crippen LogP contribution < -0.4 is 10.1 Å². The third kappa shape index (κ3) is 3.95. The van der Waals surface area contributed by atoms with Gasteiger partial charge in [0.1, 0.15) is 18.0 Å². The van der Waals surface area contributed by atoms with E-state index < -0.39 is 5.60 Å². The highest BCUT2D eigenvalue weighted by Crippen LogP contribution is 2.21. The molecule has 1 aliphatic heterocycles. The minimum Gasteiger partial charge on any atom is -0.491 e. The number of hydrogen-bond donors (Lipinski definition) is 2. The number of carbonyl (C=O) groups is 1. The summed E-state index contributed by atoms with van der Waals surface area (Å²) in [4.78, 5) is 11.5. The molecule has 2 rings (SSSR count). The maximum atomic E-state index is 11.5. The van der Waals surface area contributed by atoms with E-state index in [1.54, 1.807) is 31.2 Å². The first-order valence-corrected chi connectivity index (χ1v) is 6.96. The molecule has 0 aromatic heterocycles. The fourth-order valence-corrected chi connectivity index (χ4v) is 2.16. The smallest absolute Gasteiger partial charge is 0.338 e. The first-order chi connectivity index (χ1) is 9.63. The zero-order valence-electron chi connectivity index (χ0n) is 11.7. The van der Waals surface area contributed by atoms with Crippen LogP contribution in [0.15, 0.2) is 24.3 Å². The van der Waals surface area contributed by atoms with E-state index in [0.717, 1.165) is 13.1 Å². The van der Waals surface area contributed by atoms with E-state index in [-0.39, 0.29) is 12.6 Å². The molecule has 0 amide bonds. The Labute approximate surface area is 118 Å². The van der Waals surface area contributed by atoms with Crippen molar-refractivity contribution in [3.63, 3.8) is 0 Å². The number of hydrogen-bond acceptors (Lipinski definition) is 5. The molecule has 5 heteroatoms. The number of ether oxygens (including phenoxy) is 2. The van der Waals surface area contributed by atoms with Crippen molar-refractivity contribution in [2.24, 2.45) is 0 Å². The molecule has 20 heavy (non-hydrogen) atoms. The normalized spacial score (nSPS) is 17.5. The van der Waals surface area contributed by atoms with Crippen LogP contribution in [0.25, 0.3) is 0 Å². The minimum absolute atomic E-state index is 0.271. The molecule has 0 bridgehead atoms. The molecule has 1 heterocycles. The molecule has 1 aromatic rings. The Morgan fingerprint density at radius 3 is 2.55 bits per heavy atom. The van der Waals surface area contributed by atoms with Gasteiger partial charge in [-0.2, -0.15) is 0 Å². The standard InChI is InChI=1S/C15H21NO4/c1-2-19-14(17)12-3-5-13(6-4-12)20-11-15(18)7-9-16-10-8-15/h3-6,16,18H,2,7-11H2,1H3. The Morgan fingerprint density at radius 1 is 1.30 bits per heavy atom. The topological polar surface area (TPSA) is 67.8 Å². The monoisotopic (exact) mass is 279 g/mol. The first kappa shape index (κ1) is 14.8. The second-order valence-electron chi connectivity index (χ2n) is 5.01. The molecule has 0 unspecified atom stereocenters. The van der Waals surface area contributed by atoms with Gasteiger partial charge in [-0.15, -0.1) is 0 Å². The lowest BCUT2D eigenvalue weighted by Crippen LogP contribution is -2.45. The van der Waals surface area contributed by atoms with E-state index in [9.17, 15) is 9.90 Å². The lowest BCUT2D eigenvalue weighted by atomic mass is 9.93. The molecule has 0 saturated carbocycles. The van der Waals surface area contributed by atoms with Gasteiger partial charge < -0.3 is 19.9 Å². The van der Waals surface area contributed by atoms with Crippen LogP contribution in [0.3, 0.4) is 0 Å². The van der Waals surface area contributed by atoms with E-state index in [2.05, 4.69) is 5.32 Å². The molecule has 0 aliphatic carbocycles. The van der Waals surface area contributed by atoms with E-state index in [4.69, 9.17) is 9.47 Å². The van der Waals surface area contributed by atoms with Crippen molar-refractivity contribution < 1.29 is 19.4 Å². The molecule has 0 spiro atoms. The van der Waals surface area contributed by atoms with Crippen LogP contribution in [0.4, 0.5) is 0 Å². The molecule has 1 aliphatic rings. The summed E-state index contributed by atoms with van der Waals surface area (Å²) in [5, 5.41) is 13.5. The highest BCUT2D eigenvalue weighted by molar-refractivity contribution is 5.89. The summed E-state index contributed by atoms with van der Waals surface area (Å²) in [6.07, 6.45) is 1.38. The number of piperidine rings is 1. The second-order valence-corrected chi connectivity index (χ2v) is 5.01. The van der Waals surface area contributed by atoms with Crippen molar-refractivity contribution in [1.82, 2.24) is 5.32 Å². The molecule has 5 nitrogen and oxygen atoms in total. The summed E-state index contributed by atoms with van der Waals surface area (Å²) in [6.45, 7) is 4.02. The van der Waals surface area contributed by atoms with Gasteiger partial charge in [-0.25, -0.2) is 4.79 Å². The zero-order valence-corrected chi connectivity index (χ0v) is 11.7. The third-order valence-corrected chi connectivity index (χ3v) is 3.41. The number of carbonyl (C=O) groups excluding carboxylic acids is 1. The van der Waals surface area contributed by atoms with Crippen LogP contribution >= 0.6 is 0 Å². The number of benzene rings is 1. The Balaban J connectivity index is 1.89. The number of nitrogens with one attached hydrogen (secondary N) is 1. The third-order valence-electron chi connectivity index (χ3n) is 3.41. The predicted molar refractivity (Wildman–Crippen MR) is 74.9 cm³/mol. The van der Waals surface area contributed by atoms with Gasteiger partial charge in [-0.05, 0) is 57.1 Å². The molecule has 1 fully saturated rings. The van der Waals surface area contributed by atoms with Crippen LogP contribution in [0.1, 0.15) is 30.1 Å². The summed E-state index contributed by atoms with van der Waals surface area (Å²) in [7, 11) is 0. The van der Waals surface area contributed by atoms with Crippen molar-refractivity contribution in [1.29, 1.82) is 0 Å². The highest BCUT2D eigenvalue weighted by Gasteiger charge is 2.29. The van der Waals surface area contributed by atoms with Gasteiger partial charge in [0.2, 0.25) is 0 Å². The van der Waals surface area contributed by atoms with Crippen LogP contribution in [-0.4, -0.2) is 43.0 Å². The highest BCUT2D eigenvalue weighted by atomic mass is 16.5. The van der Waals surface area contributed by atoms with Crippen molar-refractivity contribution >= 4 is 5.97 Å². The van der Waals surface area contributed by atoms with Crippen LogP contribution in [0.2, 0.25) is 0 Å². The predicted octanol–water partition coefficient (Wildman–Crippen LogP) is 1.36. The lowest BCUT2D eigenvalue weighted by Gasteiger charge is -2.32. The molecule has 1 saturated heterocycles. The summed E-state index contributed by atoms with van der Waals surface area (Å²) in [5.41, 5.74) is -0.259. The molecular weight excluding hydrogens is 258 g/mol. The second kappa shape index (κ2) is 6.72. The molecular formula is C15H21NO4. The fraction of sp³-hybridized carbons (Fsp3) is 0.533. The SMILES string of the molecule is CCOC(=O)c1ccc(OCC2(O)CCNCC2)cc1. The van der Waals surface area contributed by atoms with E-state index >= 15 is 0 Å². The molecule has 0 atom stereocenters. The van der Waals surface area contributed by atoms with E-state index in [1.807, 2.05) is 0 Å². The Kier molecular flexibility index (Phi) is 4.98. The Hall–Kier alpha value is -1.59. The van der Waals surface area contributed by atoms with Crippen LogP contribution in [-0.2, 0) is 4.74 Å². The Bertz CT molecular complexity index is 438. The van der Waals surface area contributed by atoms with Gasteiger partial charge in [0.25, 0.3) is 0 Å². The van der Waals surface area contributed by atoms with E-state index in [0.29, 0.717) is 30.8 Å². The number of esters is 1. The number of rotatable bonds is 5. The maximum Gasteiger partial charge on any atom is 0.338 e. The van der Waals surface area contributed by atoms with Crippen LogP contribution in [0.5, 0.6) is 5.75 Å². The molecule has 110 valence electrons. The van der Waals surface area contributed by atoms with Crippen molar-refractivity contribution in [2.75, 3.05) is 26.3 Å². The average Bonchev–Trinajstić information content (AvgIpc) is 2.47. The van der Waals surface area contributed by atoms with Gasteiger partial charge in [-0.3, -0.25) is 0 Å². The van der Waals surface area contributed by atoms with Crippen molar-refractivity contribution in [2.45, 2.75) is 25.4 Å². The maximum absolute atomic E-state index is 11.5. The van der Waals surface area contributed by atoms with E-state index in [1.165, 1.54) is 0 Å². The largest absolute Gasteiger partial charge is 0.491 e. The lowest BCUT2D eigenvalue weighted by molar-refractivity contribution is -0.0286. The quantitative estimate of drug-likeness (QED) is 0.797. The average molecular weight is 279 g/mol. The summed E-state index contributed by atoms with van der Waals surface area (Å²) in [6, 6.07) is 6.77. The fourth-order valence-electron chi connectivity index (χ4n) is 2.16. The van der Waals surface area contributed by atoms with Crippen molar-refractivity contribution in [3.05, 3.63) is 29.8 Å². The van der Waals surface area contributed by atoms with Gasteiger partial charge >= 0.3 is 5.97 Å². The van der Waals surface area contributed by atoms with Gasteiger partial charge in [0.15, 0.2) is 0 Å². The zero-order chi connectivity index (χ0) is 14.4. The minimum atomic E-state index is -0.759. The van der Waals surface area contributed by atoms with Crippen molar-refractivity contribution in [3.8, 4) is 5.75 Å². The van der Waals surface area contributed by atoms with Crippen LogP contribution in [0, 0.1) is 0 Å². The van der Waals surface area contributed by atoms with Gasteiger partial charge in [-0.1, -0.05) is 0 Å².